The van der Waals surface area contributed by atoms with Crippen molar-refractivity contribution < 1.29 is 31.2 Å². The third kappa shape index (κ3) is 6.10. The third-order valence-corrected chi connectivity index (χ3v) is 6.13. The Morgan fingerprint density at radius 1 is 0.765 bits per heavy atom. The maximum absolute atomic E-state index is 12.5. The van der Waals surface area contributed by atoms with Gasteiger partial charge in [-0.2, -0.15) is 9.97 Å². The first kappa shape index (κ1) is 24.7. The fourth-order valence-electron chi connectivity index (χ4n) is 2.60. The van der Waals surface area contributed by atoms with E-state index in [0.29, 0.717) is 0 Å². The van der Waals surface area contributed by atoms with Crippen LogP contribution >= 0.6 is 0 Å². The Labute approximate surface area is 194 Å². The summed E-state index contributed by atoms with van der Waals surface area (Å²) in [5.74, 6) is -1.50. The van der Waals surface area contributed by atoms with Gasteiger partial charge in [0.1, 0.15) is 5.82 Å². The summed E-state index contributed by atoms with van der Waals surface area (Å²) in [6, 6.07) is 11.0. The van der Waals surface area contributed by atoms with Crippen LogP contribution in [0.4, 0.5) is 11.8 Å². The van der Waals surface area contributed by atoms with Gasteiger partial charge in [0.25, 0.3) is 11.8 Å². The Hall–Kier alpha value is -3.92. The second-order valence-corrected chi connectivity index (χ2v) is 9.79. The smallest absolute Gasteiger partial charge is 0.258 e. The molecule has 0 aliphatic carbocycles. The maximum atomic E-state index is 12.5. The summed E-state index contributed by atoms with van der Waals surface area (Å²) in [5, 5.41) is 15.0. The van der Waals surface area contributed by atoms with Gasteiger partial charge in [-0.3, -0.25) is 14.9 Å². The standard InChI is InChI=1S/C19H18N6O7S2/c1-32-16-10-15(22-17(26)11-2-6-13(7-3-11)33(20,28)29)23-19(24-16)25-18(27)12-4-8-14(9-5-12)34(21,30)31/h2-10H,1H3,(H2,20,28,29)(H2,21,30,31)(H2,22,23,24,25,26,27). The number of methoxy groups -OCH3 is 1. The van der Waals surface area contributed by atoms with Crippen molar-refractivity contribution in [3.8, 4) is 5.88 Å². The van der Waals surface area contributed by atoms with Gasteiger partial charge in [-0.05, 0) is 48.5 Å². The summed E-state index contributed by atoms with van der Waals surface area (Å²) in [6.45, 7) is 0. The molecular weight excluding hydrogens is 488 g/mol. The highest BCUT2D eigenvalue weighted by Gasteiger charge is 2.15. The third-order valence-electron chi connectivity index (χ3n) is 4.27. The van der Waals surface area contributed by atoms with E-state index >= 15 is 0 Å². The second-order valence-electron chi connectivity index (χ2n) is 6.67. The summed E-state index contributed by atoms with van der Waals surface area (Å²) >= 11 is 0. The van der Waals surface area contributed by atoms with Crippen molar-refractivity contribution in [1.82, 2.24) is 9.97 Å². The number of primary sulfonamides is 2. The van der Waals surface area contributed by atoms with Gasteiger partial charge < -0.3 is 10.1 Å². The summed E-state index contributed by atoms with van der Waals surface area (Å²) in [6.07, 6.45) is 0. The molecule has 0 aliphatic heterocycles. The van der Waals surface area contributed by atoms with Crippen LogP contribution in [0.15, 0.2) is 64.4 Å². The molecule has 0 spiro atoms. The number of nitrogens with zero attached hydrogens (tertiary/aromatic N) is 2. The number of sulfonamides is 2. The Morgan fingerprint density at radius 3 is 1.62 bits per heavy atom. The van der Waals surface area contributed by atoms with Crippen LogP contribution in [-0.4, -0.2) is 45.7 Å². The molecule has 3 rings (SSSR count). The van der Waals surface area contributed by atoms with Gasteiger partial charge in [0, 0.05) is 17.2 Å². The predicted octanol–water partition coefficient (Wildman–Crippen LogP) is 0.285. The molecule has 0 fully saturated rings. The normalized spacial score (nSPS) is 11.5. The lowest BCUT2D eigenvalue weighted by atomic mass is 10.2. The van der Waals surface area contributed by atoms with Gasteiger partial charge in [-0.25, -0.2) is 27.1 Å². The number of nitrogens with one attached hydrogen (secondary N) is 2. The molecular formula is C19H18N6O7S2. The zero-order valence-corrected chi connectivity index (χ0v) is 19.1. The maximum Gasteiger partial charge on any atom is 0.258 e. The molecule has 13 nitrogen and oxygen atoms in total. The molecule has 15 heteroatoms. The van der Waals surface area contributed by atoms with E-state index in [2.05, 4.69) is 20.6 Å². The van der Waals surface area contributed by atoms with Crippen LogP contribution in [0.1, 0.15) is 20.7 Å². The van der Waals surface area contributed by atoms with E-state index in [1.54, 1.807) is 0 Å². The van der Waals surface area contributed by atoms with E-state index in [4.69, 9.17) is 15.0 Å². The number of anilines is 2. The van der Waals surface area contributed by atoms with Crippen LogP contribution in [0.2, 0.25) is 0 Å². The number of nitrogens with two attached hydrogens (primary N) is 2. The largest absolute Gasteiger partial charge is 0.481 e. The minimum atomic E-state index is -3.91. The van der Waals surface area contributed by atoms with Crippen molar-refractivity contribution in [2.75, 3.05) is 17.7 Å². The molecule has 1 aromatic heterocycles. The number of carbonyl (C=O) groups excluding carboxylic acids is 2. The molecule has 34 heavy (non-hydrogen) atoms. The first-order valence-corrected chi connectivity index (χ1v) is 12.3. The Balaban J connectivity index is 1.79. The van der Waals surface area contributed by atoms with Crippen molar-refractivity contribution in [3.63, 3.8) is 0 Å². The molecule has 0 saturated carbocycles. The zero-order valence-electron chi connectivity index (χ0n) is 17.4. The monoisotopic (exact) mass is 506 g/mol. The Bertz CT molecular complexity index is 1350. The molecule has 0 atom stereocenters. The van der Waals surface area contributed by atoms with Gasteiger partial charge in [-0.15, -0.1) is 0 Å². The molecule has 1 heterocycles. The molecule has 0 radical (unpaired) electrons. The molecule has 0 unspecified atom stereocenters. The first-order valence-electron chi connectivity index (χ1n) is 9.18. The minimum Gasteiger partial charge on any atom is -0.481 e. The highest BCUT2D eigenvalue weighted by Crippen LogP contribution is 2.18. The molecule has 178 valence electrons. The Morgan fingerprint density at radius 2 is 1.21 bits per heavy atom. The molecule has 6 N–H and O–H groups in total. The summed E-state index contributed by atoms with van der Waals surface area (Å²) in [5.41, 5.74) is 0.213. The van der Waals surface area contributed by atoms with Crippen molar-refractivity contribution in [1.29, 1.82) is 0 Å². The SMILES string of the molecule is COc1cc(NC(=O)c2ccc(S(N)(=O)=O)cc2)nc(NC(=O)c2ccc(S(N)(=O)=O)cc2)n1. The van der Waals surface area contributed by atoms with Crippen LogP contribution in [0.5, 0.6) is 5.88 Å². The van der Waals surface area contributed by atoms with E-state index in [1.165, 1.54) is 61.7 Å². The molecule has 3 aromatic rings. The molecule has 0 aliphatic rings. The van der Waals surface area contributed by atoms with E-state index in [9.17, 15) is 26.4 Å². The molecule has 2 aromatic carbocycles. The van der Waals surface area contributed by atoms with Crippen LogP contribution < -0.4 is 25.6 Å². The zero-order chi connectivity index (χ0) is 25.1. The predicted molar refractivity (Wildman–Crippen MR) is 120 cm³/mol. The molecule has 0 bridgehead atoms. The van der Waals surface area contributed by atoms with Crippen LogP contribution in [0.3, 0.4) is 0 Å². The van der Waals surface area contributed by atoms with Crippen molar-refractivity contribution in [2.45, 2.75) is 9.79 Å². The van der Waals surface area contributed by atoms with E-state index < -0.39 is 31.9 Å². The summed E-state index contributed by atoms with van der Waals surface area (Å²) < 4.78 is 50.4. The Kier molecular flexibility index (Phi) is 6.92. The first-order chi connectivity index (χ1) is 15.9. The second kappa shape index (κ2) is 9.52. The number of aromatic nitrogens is 2. The van der Waals surface area contributed by atoms with Crippen molar-refractivity contribution in [3.05, 3.63) is 65.7 Å². The van der Waals surface area contributed by atoms with Crippen molar-refractivity contribution >= 4 is 43.6 Å². The quantitative estimate of drug-likeness (QED) is 0.346. The lowest BCUT2D eigenvalue weighted by Crippen LogP contribution is -2.18. The van der Waals surface area contributed by atoms with E-state index in [1.807, 2.05) is 0 Å². The highest BCUT2D eigenvalue weighted by atomic mass is 32.2. The van der Waals surface area contributed by atoms with Crippen LogP contribution in [-0.2, 0) is 20.0 Å². The van der Waals surface area contributed by atoms with Gasteiger partial charge in [0.15, 0.2) is 0 Å². The number of hydrogen-bond donors (Lipinski definition) is 4. The average Bonchev–Trinajstić information content (AvgIpc) is 2.77. The van der Waals surface area contributed by atoms with Crippen LogP contribution in [0.25, 0.3) is 0 Å². The molecule has 0 saturated heterocycles. The number of amides is 2. The number of hydrogen-bond acceptors (Lipinski definition) is 9. The fraction of sp³-hybridized carbons (Fsp3) is 0.0526. The highest BCUT2D eigenvalue weighted by molar-refractivity contribution is 7.89. The van der Waals surface area contributed by atoms with Crippen molar-refractivity contribution in [2.24, 2.45) is 10.3 Å². The lowest BCUT2D eigenvalue weighted by molar-refractivity contribution is 0.101. The summed E-state index contributed by atoms with van der Waals surface area (Å²) in [4.78, 5) is 32.7. The number of benzene rings is 2. The number of rotatable bonds is 7. The average molecular weight is 507 g/mol. The number of carbonyl (C=O) groups is 2. The molecule has 2 amide bonds. The van der Waals surface area contributed by atoms with Gasteiger partial charge in [-0.1, -0.05) is 0 Å². The van der Waals surface area contributed by atoms with Crippen LogP contribution in [0, 0.1) is 0 Å². The van der Waals surface area contributed by atoms with E-state index in [0.717, 1.165) is 0 Å². The van der Waals surface area contributed by atoms with Gasteiger partial charge in [0.2, 0.25) is 31.9 Å². The fourth-order valence-corrected chi connectivity index (χ4v) is 3.63. The number of ether oxygens (including phenoxy) is 1. The minimum absolute atomic E-state index is 0.0211. The topological polar surface area (TPSA) is 214 Å². The summed E-state index contributed by atoms with van der Waals surface area (Å²) in [7, 11) is -6.50. The lowest BCUT2D eigenvalue weighted by Gasteiger charge is -2.10. The van der Waals surface area contributed by atoms with Gasteiger partial charge in [0.05, 0.1) is 16.9 Å². The van der Waals surface area contributed by atoms with Gasteiger partial charge >= 0.3 is 0 Å². The van der Waals surface area contributed by atoms with E-state index in [-0.39, 0.29) is 38.6 Å².